The van der Waals surface area contributed by atoms with Crippen LogP contribution in [0.25, 0.3) is 0 Å². The number of rotatable bonds is 15. The molecule has 0 amide bonds. The van der Waals surface area contributed by atoms with Gasteiger partial charge in [0.05, 0.1) is 0 Å². The molecule has 0 aliphatic carbocycles. The fraction of sp³-hybridized carbons (Fsp3) is 0.842. The highest BCUT2D eigenvalue weighted by atomic mass is 16.1. The molecule has 0 bridgehead atoms. The van der Waals surface area contributed by atoms with E-state index in [0.29, 0.717) is 0 Å². The van der Waals surface area contributed by atoms with Crippen LogP contribution in [0.2, 0.25) is 0 Å². The number of carbonyl (C=O) groups is 1. The van der Waals surface area contributed by atoms with Gasteiger partial charge in [-0.3, -0.25) is 0 Å². The summed E-state index contributed by atoms with van der Waals surface area (Å²) in [5.74, 6) is 0.257. The zero-order valence-corrected chi connectivity index (χ0v) is 13.9. The van der Waals surface area contributed by atoms with Gasteiger partial charge in [-0.1, -0.05) is 83.8 Å². The van der Waals surface area contributed by atoms with Crippen LogP contribution in [0.1, 0.15) is 97.3 Å². The molecule has 1 unspecified atom stereocenters. The van der Waals surface area contributed by atoms with E-state index in [9.17, 15) is 4.79 Å². The summed E-state index contributed by atoms with van der Waals surface area (Å²) in [6, 6.07) is 0. The molecule has 0 radical (unpaired) electrons. The molecule has 0 N–H and O–H groups in total. The van der Waals surface area contributed by atoms with Crippen molar-refractivity contribution in [1.82, 2.24) is 0 Å². The van der Waals surface area contributed by atoms with Gasteiger partial charge < -0.3 is 4.79 Å². The minimum Gasteiger partial charge on any atom is -0.303 e. The molecule has 118 valence electrons. The first-order valence-corrected chi connectivity index (χ1v) is 8.95. The van der Waals surface area contributed by atoms with Gasteiger partial charge in [-0.25, -0.2) is 0 Å². The molecule has 0 aromatic carbocycles. The van der Waals surface area contributed by atoms with Gasteiger partial charge in [0.2, 0.25) is 0 Å². The van der Waals surface area contributed by atoms with Gasteiger partial charge in [-0.05, 0) is 25.7 Å². The number of aldehydes is 1. The molecule has 0 saturated heterocycles. The van der Waals surface area contributed by atoms with Gasteiger partial charge in [-0.15, -0.1) is 0 Å². The van der Waals surface area contributed by atoms with Crippen LogP contribution in [0.5, 0.6) is 0 Å². The Morgan fingerprint density at radius 1 is 0.750 bits per heavy atom. The van der Waals surface area contributed by atoms with E-state index < -0.39 is 0 Å². The van der Waals surface area contributed by atoms with Crippen molar-refractivity contribution in [3.63, 3.8) is 0 Å². The normalized spacial score (nSPS) is 12.9. The zero-order valence-electron chi connectivity index (χ0n) is 13.9. The molecule has 1 atom stereocenters. The summed E-state index contributed by atoms with van der Waals surface area (Å²) in [6.45, 7) is 4.48. The fourth-order valence-electron chi connectivity index (χ4n) is 2.51. The molecule has 1 heteroatoms. The first-order chi connectivity index (χ1) is 9.85. The smallest absolute Gasteiger partial charge is 0.123 e. The maximum Gasteiger partial charge on any atom is 0.123 e. The van der Waals surface area contributed by atoms with Crippen LogP contribution in [0.3, 0.4) is 0 Å². The predicted molar refractivity (Wildman–Crippen MR) is 90.1 cm³/mol. The lowest BCUT2D eigenvalue weighted by Crippen LogP contribution is -2.00. The maximum atomic E-state index is 11.0. The second kappa shape index (κ2) is 16.5. The van der Waals surface area contributed by atoms with E-state index in [1.165, 1.54) is 70.6 Å². The predicted octanol–water partition coefficient (Wildman–Crippen LogP) is 6.47. The van der Waals surface area contributed by atoms with Gasteiger partial charge in [0.25, 0.3) is 0 Å². The molecule has 0 saturated carbocycles. The first kappa shape index (κ1) is 19.4. The number of hydrogen-bond donors (Lipinski definition) is 0. The molecular weight excluding hydrogens is 244 g/mol. The van der Waals surface area contributed by atoms with Crippen molar-refractivity contribution in [3.8, 4) is 0 Å². The standard InChI is InChI=1S/C19H36O/c1-3-5-7-9-10-11-12-13-15-17-19(18-20)16-14-8-6-4-2/h13,15,18-19H,3-12,14,16-17H2,1-2H3. The summed E-state index contributed by atoms with van der Waals surface area (Å²) in [5, 5.41) is 0. The second-order valence-electron chi connectivity index (χ2n) is 6.01. The maximum absolute atomic E-state index is 11.0. The minimum absolute atomic E-state index is 0.257. The number of carbonyl (C=O) groups excluding carboxylic acids is 1. The highest BCUT2D eigenvalue weighted by Gasteiger charge is 2.04. The van der Waals surface area contributed by atoms with Crippen molar-refractivity contribution in [2.75, 3.05) is 0 Å². The van der Waals surface area contributed by atoms with Gasteiger partial charge in [0.1, 0.15) is 6.29 Å². The van der Waals surface area contributed by atoms with Crippen LogP contribution in [-0.2, 0) is 4.79 Å². The van der Waals surface area contributed by atoms with Gasteiger partial charge in [0, 0.05) is 5.92 Å². The number of allylic oxidation sites excluding steroid dienone is 2. The van der Waals surface area contributed by atoms with Crippen LogP contribution >= 0.6 is 0 Å². The first-order valence-electron chi connectivity index (χ1n) is 8.95. The van der Waals surface area contributed by atoms with E-state index in [2.05, 4.69) is 26.0 Å². The van der Waals surface area contributed by atoms with Gasteiger partial charge in [-0.2, -0.15) is 0 Å². The lowest BCUT2D eigenvalue weighted by atomic mass is 9.98. The summed E-state index contributed by atoms with van der Waals surface area (Å²) < 4.78 is 0. The summed E-state index contributed by atoms with van der Waals surface area (Å²) >= 11 is 0. The molecule has 0 spiro atoms. The summed E-state index contributed by atoms with van der Waals surface area (Å²) in [4.78, 5) is 11.0. The van der Waals surface area contributed by atoms with Crippen LogP contribution in [-0.4, -0.2) is 6.29 Å². The third-order valence-electron chi connectivity index (χ3n) is 3.95. The van der Waals surface area contributed by atoms with Gasteiger partial charge in [0.15, 0.2) is 0 Å². The highest BCUT2D eigenvalue weighted by molar-refractivity contribution is 5.53. The Morgan fingerprint density at radius 3 is 2.00 bits per heavy atom. The van der Waals surface area contributed by atoms with Crippen LogP contribution < -0.4 is 0 Å². The Balaban J connectivity index is 3.42. The van der Waals surface area contributed by atoms with Crippen LogP contribution in [0.4, 0.5) is 0 Å². The van der Waals surface area contributed by atoms with E-state index in [1.54, 1.807) is 0 Å². The van der Waals surface area contributed by atoms with E-state index in [0.717, 1.165) is 19.1 Å². The molecule has 0 heterocycles. The van der Waals surface area contributed by atoms with E-state index in [4.69, 9.17) is 0 Å². The monoisotopic (exact) mass is 280 g/mol. The third kappa shape index (κ3) is 13.8. The lowest BCUT2D eigenvalue weighted by Gasteiger charge is -2.06. The molecule has 0 fully saturated rings. The minimum atomic E-state index is 0.257. The third-order valence-corrected chi connectivity index (χ3v) is 3.95. The van der Waals surface area contributed by atoms with Crippen LogP contribution in [0.15, 0.2) is 12.2 Å². The van der Waals surface area contributed by atoms with Crippen molar-refractivity contribution in [2.24, 2.45) is 5.92 Å². The molecule has 0 aliphatic heterocycles. The van der Waals surface area contributed by atoms with Crippen LogP contribution in [0, 0.1) is 5.92 Å². The van der Waals surface area contributed by atoms with E-state index in [-0.39, 0.29) is 5.92 Å². The molecule has 0 rings (SSSR count). The van der Waals surface area contributed by atoms with E-state index in [1.807, 2.05) is 0 Å². The van der Waals surface area contributed by atoms with Crippen molar-refractivity contribution >= 4 is 6.29 Å². The molecule has 20 heavy (non-hydrogen) atoms. The topological polar surface area (TPSA) is 17.1 Å². The fourth-order valence-corrected chi connectivity index (χ4v) is 2.51. The SMILES string of the molecule is CCCCCCCCC=CCC(C=O)CCCCCC. The Morgan fingerprint density at radius 2 is 1.35 bits per heavy atom. The summed E-state index contributed by atoms with van der Waals surface area (Å²) in [5.41, 5.74) is 0. The molecule has 1 nitrogen and oxygen atoms in total. The van der Waals surface area contributed by atoms with Crippen molar-refractivity contribution in [1.29, 1.82) is 0 Å². The Hall–Kier alpha value is -0.590. The van der Waals surface area contributed by atoms with Crippen molar-refractivity contribution in [3.05, 3.63) is 12.2 Å². The number of unbranched alkanes of at least 4 members (excludes halogenated alkanes) is 9. The quantitative estimate of drug-likeness (QED) is 0.191. The van der Waals surface area contributed by atoms with Gasteiger partial charge >= 0.3 is 0 Å². The average Bonchev–Trinajstić information content (AvgIpc) is 2.47. The van der Waals surface area contributed by atoms with E-state index >= 15 is 0 Å². The Kier molecular flexibility index (Phi) is 16.0. The molecular formula is C19H36O. The molecule has 0 aromatic heterocycles. The summed E-state index contributed by atoms with van der Waals surface area (Å²) in [7, 11) is 0. The second-order valence-corrected chi connectivity index (χ2v) is 6.01. The van der Waals surface area contributed by atoms with Crippen molar-refractivity contribution < 1.29 is 4.79 Å². The molecule has 0 aliphatic rings. The Bertz CT molecular complexity index is 220. The Labute approximate surface area is 127 Å². The zero-order chi connectivity index (χ0) is 14.9. The molecule has 0 aromatic rings. The lowest BCUT2D eigenvalue weighted by molar-refractivity contribution is -0.111. The largest absolute Gasteiger partial charge is 0.303 e. The van der Waals surface area contributed by atoms with Crippen molar-refractivity contribution in [2.45, 2.75) is 97.3 Å². The summed E-state index contributed by atoms with van der Waals surface area (Å²) in [6.07, 6.45) is 22.1. The number of hydrogen-bond acceptors (Lipinski definition) is 1. The average molecular weight is 280 g/mol. The highest BCUT2D eigenvalue weighted by Crippen LogP contribution is 2.14.